The SMILES string of the molecule is Fc1cc(F)c2c(c1F)N=S=NS2. The lowest BCUT2D eigenvalue weighted by Gasteiger charge is -2.05. The summed E-state index contributed by atoms with van der Waals surface area (Å²) in [5.41, 5.74) is -0.303. The highest BCUT2D eigenvalue weighted by molar-refractivity contribution is 8.01. The molecule has 0 radical (unpaired) electrons. The highest BCUT2D eigenvalue weighted by atomic mass is 32.2. The molecule has 0 fully saturated rings. The van der Waals surface area contributed by atoms with E-state index >= 15 is 0 Å². The molecule has 1 aromatic carbocycles. The molecule has 0 saturated heterocycles. The number of rotatable bonds is 0. The van der Waals surface area contributed by atoms with E-state index in [2.05, 4.69) is 8.13 Å². The van der Waals surface area contributed by atoms with Crippen LogP contribution in [0.2, 0.25) is 0 Å². The van der Waals surface area contributed by atoms with Crippen LogP contribution in [-0.2, 0) is 11.4 Å². The molecule has 0 N–H and O–H groups in total. The molecule has 2 nitrogen and oxygen atoms in total. The maximum atomic E-state index is 13.0. The van der Waals surface area contributed by atoms with Gasteiger partial charge in [-0.25, -0.2) is 13.2 Å². The van der Waals surface area contributed by atoms with E-state index in [1.165, 1.54) is 0 Å². The number of hydrogen-bond donors (Lipinski definition) is 0. The Morgan fingerprint density at radius 2 is 1.92 bits per heavy atom. The Labute approximate surface area is 79.2 Å². The summed E-state index contributed by atoms with van der Waals surface area (Å²) < 4.78 is 45.6. The van der Waals surface area contributed by atoms with E-state index in [9.17, 15) is 13.2 Å². The van der Waals surface area contributed by atoms with Crippen molar-refractivity contribution in [3.8, 4) is 0 Å². The zero-order valence-electron chi connectivity index (χ0n) is 5.92. The lowest BCUT2D eigenvalue weighted by molar-refractivity contribution is 0.489. The molecule has 0 amide bonds. The molecule has 0 saturated carbocycles. The van der Waals surface area contributed by atoms with Gasteiger partial charge in [0, 0.05) is 18.0 Å². The smallest absolute Gasteiger partial charge is 0.186 e. The topological polar surface area (TPSA) is 24.7 Å². The third kappa shape index (κ3) is 1.37. The van der Waals surface area contributed by atoms with Crippen LogP contribution < -0.4 is 0 Å². The summed E-state index contributed by atoms with van der Waals surface area (Å²) >= 11 is 1.46. The molecule has 0 unspecified atom stereocenters. The summed E-state index contributed by atoms with van der Waals surface area (Å²) in [6.07, 6.45) is 0. The molecule has 0 bridgehead atoms. The molecule has 7 heteroatoms. The van der Waals surface area contributed by atoms with Crippen LogP contribution in [0.25, 0.3) is 0 Å². The van der Waals surface area contributed by atoms with Gasteiger partial charge in [0.25, 0.3) is 0 Å². The Morgan fingerprint density at radius 3 is 2.69 bits per heavy atom. The summed E-state index contributed by atoms with van der Waals surface area (Å²) in [6, 6.07) is 0.488. The quantitative estimate of drug-likeness (QED) is 0.488. The van der Waals surface area contributed by atoms with Gasteiger partial charge in [-0.3, -0.25) is 0 Å². The fourth-order valence-electron chi connectivity index (χ4n) is 0.846. The molecule has 0 spiro atoms. The summed E-state index contributed by atoms with van der Waals surface area (Å²) in [4.78, 5) is -0.0716. The second-order valence-corrected chi connectivity index (χ2v) is 3.70. The Balaban J connectivity index is 2.78. The van der Waals surface area contributed by atoms with Crippen molar-refractivity contribution in [2.45, 2.75) is 4.90 Å². The van der Waals surface area contributed by atoms with Crippen LogP contribution in [0.4, 0.5) is 18.9 Å². The number of fused-ring (bicyclic) bond motifs is 1. The third-order valence-corrected chi connectivity index (χ3v) is 2.80. The molecule has 0 aromatic heterocycles. The monoisotopic (exact) mass is 222 g/mol. The highest BCUT2D eigenvalue weighted by Gasteiger charge is 2.20. The lowest BCUT2D eigenvalue weighted by atomic mass is 10.3. The van der Waals surface area contributed by atoms with Crippen LogP contribution in [-0.4, -0.2) is 0 Å². The highest BCUT2D eigenvalue weighted by Crippen LogP contribution is 2.38. The maximum Gasteiger partial charge on any atom is 0.186 e. The van der Waals surface area contributed by atoms with Gasteiger partial charge in [0.2, 0.25) is 0 Å². The van der Waals surface area contributed by atoms with Crippen molar-refractivity contribution in [2.75, 3.05) is 0 Å². The molecule has 2 rings (SSSR count). The Bertz CT molecular complexity index is 440. The van der Waals surface area contributed by atoms with Crippen LogP contribution >= 0.6 is 11.9 Å². The van der Waals surface area contributed by atoms with Gasteiger partial charge in [0.1, 0.15) is 11.5 Å². The van der Waals surface area contributed by atoms with Gasteiger partial charge in [0.05, 0.1) is 16.3 Å². The third-order valence-electron chi connectivity index (χ3n) is 1.40. The van der Waals surface area contributed by atoms with Crippen molar-refractivity contribution in [2.24, 2.45) is 8.13 Å². The van der Waals surface area contributed by atoms with Crippen molar-refractivity contribution in [1.82, 2.24) is 0 Å². The molecule has 1 aromatic rings. The van der Waals surface area contributed by atoms with Gasteiger partial charge in [-0.15, -0.1) is 3.77 Å². The molecular formula is C6HF3N2S2. The summed E-state index contributed by atoms with van der Waals surface area (Å²) in [7, 11) is 0. The summed E-state index contributed by atoms with van der Waals surface area (Å²) in [5, 5.41) is 0. The van der Waals surface area contributed by atoms with Crippen LogP contribution in [0.1, 0.15) is 0 Å². The van der Waals surface area contributed by atoms with Crippen molar-refractivity contribution in [1.29, 1.82) is 0 Å². The van der Waals surface area contributed by atoms with E-state index in [0.717, 1.165) is 11.9 Å². The normalized spacial score (nSPS) is 13.8. The van der Waals surface area contributed by atoms with E-state index in [-0.39, 0.29) is 10.6 Å². The van der Waals surface area contributed by atoms with Crippen molar-refractivity contribution in [3.63, 3.8) is 0 Å². The van der Waals surface area contributed by atoms with E-state index in [0.29, 0.717) is 17.4 Å². The Morgan fingerprint density at radius 1 is 1.15 bits per heavy atom. The molecule has 0 atom stereocenters. The van der Waals surface area contributed by atoms with Gasteiger partial charge in [-0.2, -0.15) is 4.36 Å². The fourth-order valence-corrected chi connectivity index (χ4v) is 2.09. The molecule has 1 aliphatic heterocycles. The van der Waals surface area contributed by atoms with Crippen LogP contribution in [0.3, 0.4) is 0 Å². The van der Waals surface area contributed by atoms with Gasteiger partial charge in [-0.05, 0) is 0 Å². The van der Waals surface area contributed by atoms with Crippen molar-refractivity contribution in [3.05, 3.63) is 23.5 Å². The van der Waals surface area contributed by atoms with Crippen LogP contribution in [0.15, 0.2) is 19.1 Å². The van der Waals surface area contributed by atoms with E-state index in [1.807, 2.05) is 0 Å². The summed E-state index contributed by atoms with van der Waals surface area (Å²) in [6.45, 7) is 0. The van der Waals surface area contributed by atoms with Crippen LogP contribution in [0.5, 0.6) is 0 Å². The van der Waals surface area contributed by atoms with E-state index in [4.69, 9.17) is 0 Å². The minimum atomic E-state index is -1.23. The first-order chi connectivity index (χ1) is 6.20. The largest absolute Gasteiger partial charge is 0.205 e. The predicted octanol–water partition coefficient (Wildman–Crippen LogP) is 3.21. The number of benzene rings is 1. The van der Waals surface area contributed by atoms with Crippen molar-refractivity contribution < 1.29 is 13.2 Å². The minimum absolute atomic E-state index is 0.0716. The zero-order valence-corrected chi connectivity index (χ0v) is 7.56. The van der Waals surface area contributed by atoms with Crippen molar-refractivity contribution >= 4 is 29.0 Å². The second-order valence-electron chi connectivity index (χ2n) is 2.17. The minimum Gasteiger partial charge on any atom is -0.205 e. The van der Waals surface area contributed by atoms with E-state index in [1.54, 1.807) is 0 Å². The first-order valence-corrected chi connectivity index (χ1v) is 4.62. The van der Waals surface area contributed by atoms with Gasteiger partial charge >= 0.3 is 0 Å². The lowest BCUT2D eigenvalue weighted by Crippen LogP contribution is -1.92. The number of halogens is 3. The van der Waals surface area contributed by atoms with E-state index < -0.39 is 17.5 Å². The Kier molecular flexibility index (Phi) is 2.12. The Hall–Kier alpha value is -0.820. The molecular weight excluding hydrogens is 221 g/mol. The number of nitrogens with zero attached hydrogens (tertiary/aromatic N) is 2. The standard InChI is InChI=1S/C6HF3N2S2/c7-2-1-3(8)6-5(4(2)9)10-13-11-12-6/h1H. The fraction of sp³-hybridized carbons (Fsp3) is 0. The molecule has 1 aliphatic rings. The summed E-state index contributed by atoms with van der Waals surface area (Å²) in [5.74, 6) is -3.21. The first-order valence-electron chi connectivity index (χ1n) is 3.12. The molecule has 0 aliphatic carbocycles. The zero-order chi connectivity index (χ0) is 9.42. The maximum absolute atomic E-state index is 13.0. The predicted molar refractivity (Wildman–Crippen MR) is 44.1 cm³/mol. The van der Waals surface area contributed by atoms with Gasteiger partial charge < -0.3 is 0 Å². The average Bonchev–Trinajstić information content (AvgIpc) is 2.15. The second kappa shape index (κ2) is 3.15. The average molecular weight is 222 g/mol. The molecule has 13 heavy (non-hydrogen) atoms. The number of hydrogen-bond acceptors (Lipinski definition) is 3. The molecule has 1 heterocycles. The van der Waals surface area contributed by atoms with Gasteiger partial charge in [-0.1, -0.05) is 0 Å². The van der Waals surface area contributed by atoms with Crippen LogP contribution in [0, 0.1) is 17.5 Å². The first kappa shape index (κ1) is 8.76. The van der Waals surface area contributed by atoms with Gasteiger partial charge in [0.15, 0.2) is 11.6 Å². The molecule has 68 valence electrons.